The predicted octanol–water partition coefficient (Wildman–Crippen LogP) is 2.70. The van der Waals surface area contributed by atoms with E-state index >= 15 is 0 Å². The number of rotatable bonds is 6. The lowest BCUT2D eigenvalue weighted by molar-refractivity contribution is -0.383. The van der Waals surface area contributed by atoms with Gasteiger partial charge in [0.1, 0.15) is 5.69 Å². The van der Waals surface area contributed by atoms with Crippen molar-refractivity contribution < 1.29 is 9.72 Å². The average Bonchev–Trinajstić information content (AvgIpc) is 2.37. The van der Waals surface area contributed by atoms with Crippen molar-refractivity contribution in [2.24, 2.45) is 5.73 Å². The monoisotopic (exact) mass is 285 g/mol. The first-order chi connectivity index (χ1) is 8.95. The van der Waals surface area contributed by atoms with Crippen LogP contribution >= 0.6 is 11.6 Å². The molecule has 3 N–H and O–H groups in total. The highest BCUT2D eigenvalue weighted by molar-refractivity contribution is 6.31. The number of carbonyl (C=O) groups is 1. The number of hydrogen-bond donors (Lipinski definition) is 2. The van der Waals surface area contributed by atoms with Crippen LogP contribution in [0.5, 0.6) is 0 Å². The molecule has 0 aromatic heterocycles. The van der Waals surface area contributed by atoms with Crippen molar-refractivity contribution in [3.63, 3.8) is 0 Å². The predicted molar refractivity (Wildman–Crippen MR) is 74.2 cm³/mol. The number of amides is 1. The highest BCUT2D eigenvalue weighted by Crippen LogP contribution is 2.27. The van der Waals surface area contributed by atoms with Gasteiger partial charge in [0, 0.05) is 11.1 Å². The van der Waals surface area contributed by atoms with Crippen LogP contribution in [0, 0.1) is 10.1 Å². The molecule has 1 rings (SSSR count). The maximum atomic E-state index is 11.8. The standard InChI is InChI=1S/C12H16ClN3O3/c1-2-3-4-9(14)12(17)15-10-6-5-8(13)7-11(10)16(18)19/h5-7,9H,2-4,14H2,1H3,(H,15,17)/t9-/m0/s1. The van der Waals surface area contributed by atoms with Gasteiger partial charge in [-0.2, -0.15) is 0 Å². The summed E-state index contributed by atoms with van der Waals surface area (Å²) < 4.78 is 0. The van der Waals surface area contributed by atoms with Crippen LogP contribution in [0.15, 0.2) is 18.2 Å². The lowest BCUT2D eigenvalue weighted by atomic mass is 10.1. The normalized spacial score (nSPS) is 11.9. The Morgan fingerprint density at radius 2 is 2.26 bits per heavy atom. The van der Waals surface area contributed by atoms with E-state index in [4.69, 9.17) is 17.3 Å². The molecule has 6 nitrogen and oxygen atoms in total. The summed E-state index contributed by atoms with van der Waals surface area (Å²) in [6, 6.07) is 3.39. The third-order valence-corrected chi connectivity index (χ3v) is 2.85. The first-order valence-corrected chi connectivity index (χ1v) is 6.34. The van der Waals surface area contributed by atoms with E-state index in [2.05, 4.69) is 5.32 Å². The average molecular weight is 286 g/mol. The minimum atomic E-state index is -0.671. The summed E-state index contributed by atoms with van der Waals surface area (Å²) in [5.74, 6) is -0.432. The van der Waals surface area contributed by atoms with Gasteiger partial charge < -0.3 is 11.1 Å². The van der Waals surface area contributed by atoms with E-state index in [9.17, 15) is 14.9 Å². The Hall–Kier alpha value is -1.66. The van der Waals surface area contributed by atoms with Gasteiger partial charge in [-0.3, -0.25) is 14.9 Å². The third kappa shape index (κ3) is 4.50. The Morgan fingerprint density at radius 3 is 2.84 bits per heavy atom. The molecule has 0 aliphatic carbocycles. The summed E-state index contributed by atoms with van der Waals surface area (Å²) in [7, 11) is 0. The van der Waals surface area contributed by atoms with Crippen LogP contribution in [-0.4, -0.2) is 16.9 Å². The maximum absolute atomic E-state index is 11.8. The van der Waals surface area contributed by atoms with Crippen LogP contribution in [0.4, 0.5) is 11.4 Å². The van der Waals surface area contributed by atoms with Crippen LogP contribution in [-0.2, 0) is 4.79 Å². The van der Waals surface area contributed by atoms with Crippen molar-refractivity contribution in [2.45, 2.75) is 32.2 Å². The van der Waals surface area contributed by atoms with Gasteiger partial charge >= 0.3 is 0 Å². The second-order valence-corrected chi connectivity index (χ2v) is 4.59. The van der Waals surface area contributed by atoms with Gasteiger partial charge in [0.25, 0.3) is 5.69 Å². The quantitative estimate of drug-likeness (QED) is 0.620. The number of halogens is 1. The molecule has 0 spiro atoms. The molecule has 1 amide bonds. The SMILES string of the molecule is CCCC[C@H](N)C(=O)Nc1ccc(Cl)cc1[N+](=O)[O-]. The lowest BCUT2D eigenvalue weighted by Crippen LogP contribution is -2.35. The number of nitrogens with one attached hydrogen (secondary N) is 1. The van der Waals surface area contributed by atoms with Gasteiger partial charge in [-0.05, 0) is 18.6 Å². The zero-order chi connectivity index (χ0) is 14.4. The molecule has 104 valence electrons. The van der Waals surface area contributed by atoms with E-state index in [1.54, 1.807) is 0 Å². The smallest absolute Gasteiger partial charge is 0.294 e. The number of nitro groups is 1. The molecule has 0 unspecified atom stereocenters. The third-order valence-electron chi connectivity index (χ3n) is 2.62. The van der Waals surface area contributed by atoms with Gasteiger partial charge in [0.15, 0.2) is 0 Å². The van der Waals surface area contributed by atoms with E-state index in [0.717, 1.165) is 12.8 Å². The molecule has 0 saturated carbocycles. The molecule has 7 heteroatoms. The zero-order valence-electron chi connectivity index (χ0n) is 10.6. The Labute approximate surface area is 116 Å². The summed E-state index contributed by atoms with van der Waals surface area (Å²) in [6.45, 7) is 1.99. The second-order valence-electron chi connectivity index (χ2n) is 4.16. The number of benzene rings is 1. The van der Waals surface area contributed by atoms with E-state index in [0.29, 0.717) is 6.42 Å². The molecule has 19 heavy (non-hydrogen) atoms. The molecule has 0 aliphatic heterocycles. The Bertz CT molecular complexity index is 479. The van der Waals surface area contributed by atoms with E-state index in [1.807, 2.05) is 6.92 Å². The first-order valence-electron chi connectivity index (χ1n) is 5.96. The van der Waals surface area contributed by atoms with E-state index in [-0.39, 0.29) is 16.4 Å². The molecule has 0 aliphatic rings. The van der Waals surface area contributed by atoms with Crippen LogP contribution in [0.3, 0.4) is 0 Å². The molecule has 1 aromatic rings. The van der Waals surface area contributed by atoms with Crippen LogP contribution in [0.1, 0.15) is 26.2 Å². The second kappa shape index (κ2) is 7.06. The van der Waals surface area contributed by atoms with Crippen molar-refractivity contribution in [2.75, 3.05) is 5.32 Å². The summed E-state index contributed by atoms with van der Waals surface area (Å²) in [5, 5.41) is 13.6. The molecule has 0 bridgehead atoms. The molecule has 0 radical (unpaired) electrons. The number of nitrogens with zero attached hydrogens (tertiary/aromatic N) is 1. The molecular formula is C12H16ClN3O3. The summed E-state index contributed by atoms with van der Waals surface area (Å²) in [5.41, 5.74) is 5.56. The van der Waals surface area contributed by atoms with Crippen molar-refractivity contribution in [3.05, 3.63) is 33.3 Å². The van der Waals surface area contributed by atoms with E-state index in [1.165, 1.54) is 18.2 Å². The number of carbonyl (C=O) groups excluding carboxylic acids is 1. The van der Waals surface area contributed by atoms with Crippen LogP contribution < -0.4 is 11.1 Å². The van der Waals surface area contributed by atoms with Gasteiger partial charge in [-0.15, -0.1) is 0 Å². The summed E-state index contributed by atoms with van der Waals surface area (Å²) >= 11 is 5.69. The number of nitro benzene ring substituents is 1. The Kier molecular flexibility index (Phi) is 5.72. The lowest BCUT2D eigenvalue weighted by Gasteiger charge is -2.11. The number of unbranched alkanes of at least 4 members (excludes halogenated alkanes) is 1. The first kappa shape index (κ1) is 15.4. The summed E-state index contributed by atoms with van der Waals surface area (Å²) in [4.78, 5) is 22.0. The fraction of sp³-hybridized carbons (Fsp3) is 0.417. The fourth-order valence-corrected chi connectivity index (χ4v) is 1.71. The molecule has 1 atom stereocenters. The van der Waals surface area contributed by atoms with Crippen LogP contribution in [0.2, 0.25) is 5.02 Å². The van der Waals surface area contributed by atoms with Gasteiger partial charge in [0.05, 0.1) is 11.0 Å². The minimum absolute atomic E-state index is 0.103. The topological polar surface area (TPSA) is 98.3 Å². The van der Waals surface area contributed by atoms with Gasteiger partial charge in [-0.1, -0.05) is 31.4 Å². The number of nitrogens with two attached hydrogens (primary N) is 1. The van der Waals surface area contributed by atoms with Crippen molar-refractivity contribution in [1.29, 1.82) is 0 Å². The fourth-order valence-electron chi connectivity index (χ4n) is 1.54. The zero-order valence-corrected chi connectivity index (χ0v) is 11.3. The molecular weight excluding hydrogens is 270 g/mol. The molecule has 0 saturated heterocycles. The Balaban J connectivity index is 2.81. The van der Waals surface area contributed by atoms with Gasteiger partial charge in [-0.25, -0.2) is 0 Å². The van der Waals surface area contributed by atoms with E-state index < -0.39 is 16.9 Å². The maximum Gasteiger partial charge on any atom is 0.294 e. The Morgan fingerprint density at radius 1 is 1.58 bits per heavy atom. The highest BCUT2D eigenvalue weighted by atomic mass is 35.5. The molecule has 0 fully saturated rings. The van der Waals surface area contributed by atoms with Crippen molar-refractivity contribution in [1.82, 2.24) is 0 Å². The molecule has 0 heterocycles. The molecule has 1 aromatic carbocycles. The number of hydrogen-bond acceptors (Lipinski definition) is 4. The highest BCUT2D eigenvalue weighted by Gasteiger charge is 2.19. The number of anilines is 1. The van der Waals surface area contributed by atoms with Crippen LogP contribution in [0.25, 0.3) is 0 Å². The van der Waals surface area contributed by atoms with Crippen molar-refractivity contribution in [3.8, 4) is 0 Å². The minimum Gasteiger partial charge on any atom is -0.320 e. The summed E-state index contributed by atoms with van der Waals surface area (Å²) in [6.07, 6.45) is 2.31. The van der Waals surface area contributed by atoms with Crippen molar-refractivity contribution >= 4 is 28.9 Å². The largest absolute Gasteiger partial charge is 0.320 e. The van der Waals surface area contributed by atoms with Gasteiger partial charge in [0.2, 0.25) is 5.91 Å².